The number of aromatic nitrogens is 1. The van der Waals surface area contributed by atoms with Crippen molar-refractivity contribution >= 4 is 57.6 Å². The Morgan fingerprint density at radius 1 is 1.32 bits per heavy atom. The van der Waals surface area contributed by atoms with Gasteiger partial charge in [0.2, 0.25) is 5.91 Å². The number of thiazole rings is 1. The number of nitrogens with two attached hydrogens (primary N) is 2. The Bertz CT molecular complexity index is 1220. The lowest BCUT2D eigenvalue weighted by atomic mass is 9.70. The van der Waals surface area contributed by atoms with Gasteiger partial charge in [-0.3, -0.25) is 19.3 Å². The maximum absolute atomic E-state index is 13.1. The van der Waals surface area contributed by atoms with Crippen molar-refractivity contribution in [1.82, 2.24) is 15.2 Å². The second-order valence-electron chi connectivity index (χ2n) is 9.86. The summed E-state index contributed by atoms with van der Waals surface area (Å²) in [7, 11) is 1.28. The van der Waals surface area contributed by atoms with Gasteiger partial charge in [0, 0.05) is 36.0 Å². The van der Waals surface area contributed by atoms with Gasteiger partial charge in [0.1, 0.15) is 30.8 Å². The molecule has 6 heterocycles. The number of amides is 3. The number of nitrogen functional groups attached to an aromatic ring is 1. The first-order valence-corrected chi connectivity index (χ1v) is 13.7. The first-order chi connectivity index (χ1) is 17.6. The van der Waals surface area contributed by atoms with Crippen LogP contribution in [0.3, 0.4) is 0 Å². The van der Waals surface area contributed by atoms with E-state index in [1.807, 2.05) is 0 Å². The number of carbonyl (C=O) groups is 4. The Morgan fingerprint density at radius 2 is 2.00 bits per heavy atom. The van der Waals surface area contributed by atoms with Gasteiger partial charge >= 0.3 is 0 Å². The molecular formula is C22H27N7O6S2. The fourth-order valence-corrected chi connectivity index (χ4v) is 7.65. The van der Waals surface area contributed by atoms with E-state index >= 15 is 0 Å². The highest BCUT2D eigenvalue weighted by Gasteiger charge is 2.56. The third-order valence-corrected chi connectivity index (χ3v) is 9.95. The number of piperidine rings is 3. The highest BCUT2D eigenvalue weighted by molar-refractivity contribution is 8.00. The predicted octanol–water partition coefficient (Wildman–Crippen LogP) is -2.03. The van der Waals surface area contributed by atoms with E-state index < -0.39 is 34.6 Å². The minimum atomic E-state index is -1.42. The molecular weight excluding hydrogens is 522 g/mol. The molecule has 4 saturated heterocycles. The number of carbonyl (C=O) groups excluding carboxylic acids is 4. The molecule has 5 N–H and O–H groups in total. The largest absolute Gasteiger partial charge is 0.543 e. The minimum absolute atomic E-state index is 0.123. The summed E-state index contributed by atoms with van der Waals surface area (Å²) in [5, 5.41) is 19.8. The zero-order valence-electron chi connectivity index (χ0n) is 20.1. The van der Waals surface area contributed by atoms with Crippen LogP contribution in [0, 0.1) is 5.41 Å². The lowest BCUT2D eigenvalue weighted by molar-refractivity contribution is -0.940. The van der Waals surface area contributed by atoms with Gasteiger partial charge in [0.25, 0.3) is 11.8 Å². The van der Waals surface area contributed by atoms with Crippen molar-refractivity contribution in [2.24, 2.45) is 16.3 Å². The molecule has 1 aromatic rings. The van der Waals surface area contributed by atoms with Crippen molar-refractivity contribution in [2.45, 2.75) is 30.7 Å². The van der Waals surface area contributed by atoms with Gasteiger partial charge in [-0.25, -0.2) is 4.98 Å². The Balaban J connectivity index is 1.32. The van der Waals surface area contributed by atoms with E-state index in [0.717, 1.165) is 31.0 Å². The number of carboxylic acids is 1. The molecule has 3 amide bonds. The van der Waals surface area contributed by atoms with Crippen LogP contribution in [-0.4, -0.2) is 94.2 Å². The average molecular weight is 550 g/mol. The Hall–Kier alpha value is -3.17. The fraction of sp³-hybridized carbons (Fsp3) is 0.545. The molecule has 0 aliphatic carbocycles. The van der Waals surface area contributed by atoms with Gasteiger partial charge in [-0.2, -0.15) is 0 Å². The number of β-lactam (4-membered cyclic amide) rings is 1. The number of oxime groups is 1. The maximum Gasteiger partial charge on any atom is 0.276 e. The summed E-state index contributed by atoms with van der Waals surface area (Å²) in [6.07, 6.45) is 2.04. The lowest BCUT2D eigenvalue weighted by Crippen LogP contribution is -2.72. The average Bonchev–Trinajstić information content (AvgIpc) is 3.31. The van der Waals surface area contributed by atoms with Crippen LogP contribution < -0.4 is 21.9 Å². The Kier molecular flexibility index (Phi) is 6.40. The molecule has 2 atom stereocenters. The molecule has 198 valence electrons. The molecule has 0 unspecified atom stereocenters. The van der Waals surface area contributed by atoms with Crippen LogP contribution in [-0.2, 0) is 24.0 Å². The zero-order valence-corrected chi connectivity index (χ0v) is 21.7. The normalized spacial score (nSPS) is 31.0. The summed E-state index contributed by atoms with van der Waals surface area (Å²) >= 11 is 2.51. The van der Waals surface area contributed by atoms with E-state index in [4.69, 9.17) is 16.3 Å². The molecule has 37 heavy (non-hydrogen) atoms. The molecule has 0 saturated carbocycles. The molecule has 13 nitrogen and oxygen atoms in total. The zero-order chi connectivity index (χ0) is 26.5. The summed E-state index contributed by atoms with van der Waals surface area (Å²) in [6, 6.07) is -0.945. The number of primary amides is 1. The lowest BCUT2D eigenvalue weighted by Gasteiger charge is -2.55. The molecule has 15 heteroatoms. The first kappa shape index (κ1) is 25.5. The molecule has 0 aromatic carbocycles. The van der Waals surface area contributed by atoms with Crippen LogP contribution >= 0.6 is 23.1 Å². The van der Waals surface area contributed by atoms with E-state index in [0.29, 0.717) is 41.6 Å². The second kappa shape index (κ2) is 9.29. The van der Waals surface area contributed by atoms with Crippen LogP contribution in [0.5, 0.6) is 0 Å². The van der Waals surface area contributed by atoms with Gasteiger partial charge in [-0.05, 0) is 0 Å². The number of aliphatic carboxylic acids is 1. The summed E-state index contributed by atoms with van der Waals surface area (Å²) in [4.78, 5) is 60.2. The number of hydrogen-bond donors (Lipinski definition) is 3. The molecule has 5 aliphatic heterocycles. The highest BCUT2D eigenvalue weighted by atomic mass is 32.2. The van der Waals surface area contributed by atoms with E-state index in [2.05, 4.69) is 15.5 Å². The number of quaternary nitrogens is 1. The number of nitrogens with one attached hydrogen (secondary N) is 1. The molecule has 4 fully saturated rings. The molecule has 0 spiro atoms. The predicted molar refractivity (Wildman–Crippen MR) is 132 cm³/mol. The van der Waals surface area contributed by atoms with Crippen LogP contribution in [0.4, 0.5) is 5.13 Å². The second-order valence-corrected chi connectivity index (χ2v) is 11.9. The summed E-state index contributed by atoms with van der Waals surface area (Å²) in [5.74, 6) is -2.52. The summed E-state index contributed by atoms with van der Waals surface area (Å²) < 4.78 is 0.669. The smallest absolute Gasteiger partial charge is 0.276 e. The number of nitrogens with zero attached hydrogens (tertiary/aromatic N) is 4. The number of rotatable bonds is 8. The van der Waals surface area contributed by atoms with Crippen molar-refractivity contribution in [3.05, 3.63) is 22.3 Å². The van der Waals surface area contributed by atoms with E-state index in [-0.39, 0.29) is 28.1 Å². The van der Waals surface area contributed by atoms with E-state index in [1.165, 1.54) is 23.8 Å². The minimum Gasteiger partial charge on any atom is -0.543 e. The number of fused-ring (bicyclic) bond motifs is 4. The maximum atomic E-state index is 13.1. The van der Waals surface area contributed by atoms with Crippen molar-refractivity contribution in [3.63, 3.8) is 0 Å². The molecule has 1 aromatic heterocycles. The third kappa shape index (κ3) is 4.24. The van der Waals surface area contributed by atoms with Gasteiger partial charge in [-0.15, -0.1) is 23.1 Å². The Morgan fingerprint density at radius 3 is 2.54 bits per heavy atom. The van der Waals surface area contributed by atoms with Crippen molar-refractivity contribution in [3.8, 4) is 0 Å². The monoisotopic (exact) mass is 549 g/mol. The van der Waals surface area contributed by atoms with Crippen LogP contribution in [0.2, 0.25) is 0 Å². The van der Waals surface area contributed by atoms with Gasteiger partial charge < -0.3 is 36.0 Å². The van der Waals surface area contributed by atoms with Gasteiger partial charge in [0.15, 0.2) is 10.8 Å². The van der Waals surface area contributed by atoms with Crippen LogP contribution in [0.15, 0.2) is 21.8 Å². The highest BCUT2D eigenvalue weighted by Crippen LogP contribution is 2.46. The van der Waals surface area contributed by atoms with Crippen molar-refractivity contribution in [1.29, 1.82) is 0 Å². The van der Waals surface area contributed by atoms with Gasteiger partial charge in [-0.1, -0.05) is 5.16 Å². The summed E-state index contributed by atoms with van der Waals surface area (Å²) in [6.45, 7) is 2.66. The number of thioether (sulfide) groups is 1. The van der Waals surface area contributed by atoms with Crippen molar-refractivity contribution < 1.29 is 33.6 Å². The molecule has 2 bridgehead atoms. The number of anilines is 1. The van der Waals surface area contributed by atoms with E-state index in [1.54, 1.807) is 5.38 Å². The quantitative estimate of drug-likeness (QED) is 0.142. The van der Waals surface area contributed by atoms with Crippen LogP contribution in [0.1, 0.15) is 25.0 Å². The van der Waals surface area contributed by atoms with Crippen molar-refractivity contribution in [2.75, 3.05) is 44.8 Å². The number of carboxylic acid groups (broad SMARTS) is 1. The number of hydrogen-bond acceptors (Lipinski definition) is 11. The van der Waals surface area contributed by atoms with Crippen LogP contribution in [0.25, 0.3) is 0 Å². The SMILES string of the molecule is CO/N=C(\C(=O)N[C@@H]1C(=O)N2C(C(=O)[O-])=C(C[N+]34CCC(C(N)=O)(CC3)CC4)CS[C@@H]12)c1csc(N)n1. The third-order valence-electron chi connectivity index (χ3n) is 7.93. The fourth-order valence-electron chi connectivity index (χ4n) is 5.77. The molecule has 5 aliphatic rings. The van der Waals surface area contributed by atoms with E-state index in [9.17, 15) is 24.3 Å². The molecule has 6 rings (SSSR count). The first-order valence-electron chi connectivity index (χ1n) is 11.8. The van der Waals surface area contributed by atoms with Gasteiger partial charge in [0.05, 0.1) is 36.7 Å². The summed E-state index contributed by atoms with van der Waals surface area (Å²) in [5.41, 5.74) is 11.4. The topological polar surface area (TPSA) is 193 Å². The standard InChI is InChI=1S/C22H27N7O6S2/c1-35-27-13(12-10-37-21(24)25-12)16(30)26-14-17(31)28-15(19(32)33)11(9-36-18(14)28)8-29-5-2-22(3-6-29,4-7-29)20(23)34/h10,14,18H,2-9H2,1H3,(H5-,23,24,25,26,30,32,33,34)/b27-13-/t14-,18+,22?,29?/m1/s1. The Labute approximate surface area is 220 Å². The molecule has 0 radical (unpaired) electrons.